The summed E-state index contributed by atoms with van der Waals surface area (Å²) in [5.74, 6) is -16.0. The maximum absolute atomic E-state index is 12.9. The number of nitrogens with one attached hydrogen (secondary N) is 2. The fraction of sp³-hybridized carbons (Fsp3) is 0.500. The maximum atomic E-state index is 12.9. The summed E-state index contributed by atoms with van der Waals surface area (Å²) in [5.41, 5.74) is -0.0981. The minimum absolute atomic E-state index is 0.0187. The molecule has 49 heteroatoms. The van der Waals surface area contributed by atoms with Gasteiger partial charge in [0.05, 0.1) is 48.2 Å². The molecule has 12 atom stereocenters. The van der Waals surface area contributed by atoms with E-state index in [0.717, 1.165) is 45.2 Å². The van der Waals surface area contributed by atoms with Gasteiger partial charge in [0, 0.05) is 13.1 Å². The third-order valence-corrected chi connectivity index (χ3v) is 18.0. The molecule has 0 amide bonds. The first kappa shape index (κ1) is 119. The number of carbonyl (C=O) groups is 17. The van der Waals surface area contributed by atoms with Gasteiger partial charge in [-0.1, -0.05) is 63.1 Å². The van der Waals surface area contributed by atoms with Gasteiger partial charge in [0.15, 0.2) is 85.2 Å². The van der Waals surface area contributed by atoms with Crippen molar-refractivity contribution >= 4 is 167 Å². The number of para-hydroxylation sites is 2. The van der Waals surface area contributed by atoms with Crippen LogP contribution in [0.1, 0.15) is 164 Å². The zero-order chi connectivity index (χ0) is 100. The molecule has 4 aromatic carbocycles. The molecule has 730 valence electrons. The molecule has 0 saturated heterocycles. The summed E-state index contributed by atoms with van der Waals surface area (Å²) >= 11 is 14.8. The predicted molar refractivity (Wildman–Crippen MR) is 458 cm³/mol. The molecule has 0 unspecified atom stereocenters. The first-order valence-electron chi connectivity index (χ1n) is 39.7. The second-order valence-electron chi connectivity index (χ2n) is 26.6. The number of unbranched alkanes of at least 4 members (excludes halogenated alkanes) is 2. The Bertz CT molecular complexity index is 4740. The normalized spacial score (nSPS) is 13.4. The number of rotatable bonds is 46. The number of ether oxygens (including phenoxy) is 17. The lowest BCUT2D eigenvalue weighted by atomic mass is 10.1. The lowest BCUT2D eigenvalue weighted by Gasteiger charge is -2.19. The van der Waals surface area contributed by atoms with Gasteiger partial charge in [-0.05, 0) is 177 Å². The summed E-state index contributed by atoms with van der Waals surface area (Å²) in [6.07, 6.45) is -13.0. The van der Waals surface area contributed by atoms with Crippen LogP contribution in [0.2, 0.25) is 0 Å². The molecule has 0 spiro atoms. The van der Waals surface area contributed by atoms with Gasteiger partial charge >= 0.3 is 95.5 Å². The van der Waals surface area contributed by atoms with Gasteiger partial charge in [0.2, 0.25) is 25.3 Å². The molecule has 131 heavy (non-hydrogen) atoms. The van der Waals surface area contributed by atoms with Crippen LogP contribution >= 0.6 is 34.8 Å². The minimum atomic E-state index is -4.45. The fourth-order valence-corrected chi connectivity index (χ4v) is 10.2. The van der Waals surface area contributed by atoms with Gasteiger partial charge in [-0.15, -0.1) is 23.2 Å². The van der Waals surface area contributed by atoms with E-state index in [-0.39, 0.29) is 64.6 Å². The Morgan fingerprint density at radius 1 is 0.366 bits per heavy atom. The van der Waals surface area contributed by atoms with Gasteiger partial charge < -0.3 is 101 Å². The van der Waals surface area contributed by atoms with E-state index in [1.807, 2.05) is 13.8 Å². The van der Waals surface area contributed by atoms with Crippen LogP contribution < -0.4 is 30.4 Å². The number of aromatic carboxylic acids is 1. The molecule has 0 aliphatic heterocycles. The average molecular weight is 1960 g/mol. The third-order valence-electron chi connectivity index (χ3n) is 15.5. The number of anilines is 2. The molecule has 8 N–H and O–H groups in total. The molecule has 4 rings (SSSR count). The summed E-state index contributed by atoms with van der Waals surface area (Å²) in [6.45, 7) is 23.6. The molecule has 0 bridgehead atoms. The number of hydrogen-bond donors (Lipinski definition) is 6. The van der Waals surface area contributed by atoms with Gasteiger partial charge in [-0.25, -0.2) is 99.0 Å². The summed E-state index contributed by atoms with van der Waals surface area (Å²) in [6, 6.07) is 21.4. The molecule has 0 fully saturated rings. The number of sulfonamides is 2. The Hall–Kier alpha value is -12.1. The maximum Gasteiger partial charge on any atom is 0.347 e. The van der Waals surface area contributed by atoms with E-state index in [1.165, 1.54) is 81.4 Å². The SMILES string of the molecule is CCCCNc1cc(C(=O)O)cc(S(N)(=O)=O)c1Oc1ccccc1.CCCCNc1cc(C(=O)OCC(=O)O[C@@H](C)C(=O)O[C@@H](C)C(=O)O[C@@H](C)C(=O)O[C@@H](C)C(=O)OCC)cc(S(N)(=O)=O)c1Oc1ccccc1.CCOC(=O)[C@H](C)OC(=O)[C@H](C)OC(=O)[C@H](C)OC(=O)[C@H](C)O.CCOC(=O)[C@H](C)OC(=O)[C@H](C)OC(=O)[C@H](C)OC(=O)[C@H](C)OC(=O)CCl.O=C(Cl)CCl. The number of carboxylic acid groups (broad SMARTS) is 1. The molecule has 0 aliphatic rings. The highest BCUT2D eigenvalue weighted by atomic mass is 35.5. The monoisotopic (exact) mass is 1960 g/mol. The molecule has 4 aromatic rings. The zero-order valence-electron chi connectivity index (χ0n) is 74.5. The highest BCUT2D eigenvalue weighted by molar-refractivity contribution is 7.89. The van der Waals surface area contributed by atoms with Crippen LogP contribution in [0, 0.1) is 0 Å². The molecule has 0 aromatic heterocycles. The topological polar surface area (TPSA) is 632 Å². The quantitative estimate of drug-likeness (QED) is 0.00848. The number of halogens is 3. The van der Waals surface area contributed by atoms with Crippen molar-refractivity contribution in [3.05, 3.63) is 96.1 Å². The van der Waals surface area contributed by atoms with E-state index in [0.29, 0.717) is 31.0 Å². The number of benzene rings is 4. The smallest absolute Gasteiger partial charge is 0.347 e. The van der Waals surface area contributed by atoms with Crippen molar-refractivity contribution in [3.63, 3.8) is 0 Å². The van der Waals surface area contributed by atoms with Gasteiger partial charge in [-0.3, -0.25) is 9.59 Å². The molecule has 0 heterocycles. The number of nitrogens with two attached hydrogens (primary N) is 2. The van der Waals surface area contributed by atoms with E-state index in [1.54, 1.807) is 81.4 Å². The number of aliphatic hydroxyl groups excluding tert-OH is 1. The second kappa shape index (κ2) is 61.5. The summed E-state index contributed by atoms with van der Waals surface area (Å²) in [7, 11) is -8.64. The van der Waals surface area contributed by atoms with E-state index in [2.05, 4.69) is 29.6 Å². The van der Waals surface area contributed by atoms with Crippen LogP contribution in [0.15, 0.2) is 94.7 Å². The van der Waals surface area contributed by atoms with E-state index in [9.17, 15) is 103 Å². The number of carboxylic acids is 1. The number of esters is 15. The highest BCUT2D eigenvalue weighted by Gasteiger charge is 2.35. The van der Waals surface area contributed by atoms with E-state index < -0.39 is 211 Å². The van der Waals surface area contributed by atoms with Crippen LogP contribution in [0.4, 0.5) is 11.4 Å². The number of aliphatic hydroxyl groups is 1. The van der Waals surface area contributed by atoms with E-state index >= 15 is 0 Å². The van der Waals surface area contributed by atoms with Crippen LogP contribution in [-0.4, -0.2) is 252 Å². The average Bonchev–Trinajstić information content (AvgIpc) is 0.786. The molecule has 0 aliphatic carbocycles. The van der Waals surface area contributed by atoms with Crippen LogP contribution in [0.3, 0.4) is 0 Å². The van der Waals surface area contributed by atoms with Crippen molar-refractivity contribution in [2.24, 2.45) is 10.3 Å². The fourth-order valence-electron chi connectivity index (χ4n) is 8.76. The molecule has 44 nitrogen and oxygen atoms in total. The lowest BCUT2D eigenvalue weighted by Crippen LogP contribution is -2.37. The van der Waals surface area contributed by atoms with Crippen LogP contribution in [0.25, 0.3) is 0 Å². The number of hydrogen-bond acceptors (Lipinski definition) is 41. The molecule has 0 saturated carbocycles. The summed E-state index contributed by atoms with van der Waals surface area (Å²) < 4.78 is 133. The van der Waals surface area contributed by atoms with Crippen molar-refractivity contribution < 1.29 is 189 Å². The number of carbonyl (C=O) groups excluding carboxylic acids is 16. The van der Waals surface area contributed by atoms with Gasteiger partial charge in [0.1, 0.15) is 33.3 Å². The molecular weight excluding hydrogens is 1850 g/mol. The van der Waals surface area contributed by atoms with E-state index in [4.69, 9.17) is 112 Å². The second-order valence-corrected chi connectivity index (χ2v) is 30.6. The van der Waals surface area contributed by atoms with Crippen molar-refractivity contribution in [1.82, 2.24) is 0 Å². The number of primary sulfonamides is 2. The zero-order valence-corrected chi connectivity index (χ0v) is 78.4. The van der Waals surface area contributed by atoms with Gasteiger partial charge in [-0.2, -0.15) is 0 Å². The Balaban J connectivity index is 0.00000179. The molecular formula is C82H109Cl3N4O40S2. The Labute approximate surface area is 769 Å². The summed E-state index contributed by atoms with van der Waals surface area (Å²) in [4.78, 5) is 197. The Kier molecular flexibility index (Phi) is 55.8. The van der Waals surface area contributed by atoms with Crippen LogP contribution in [-0.2, 0) is 163 Å². The van der Waals surface area contributed by atoms with Crippen molar-refractivity contribution in [1.29, 1.82) is 0 Å². The first-order chi connectivity index (χ1) is 61.2. The standard InChI is InChI=1S/C33H42N2O15S.C17H20N2O5S.C16H23ClO10.C14H22O9.C2H2Cl2O/c1-7-9-15-35-25-16-23(17-26(51(34,42)43)28(25)50-24-13-11-10-12-14-24)33(41)45-18-27(36)46-20(4)30(38)48-22(6)32(40)49-21(5)31(39)47-19(3)29(37)44-8-2;1-2-3-9-19-14-10-12(17(20)21)11-15(25(18,22)23)16(14)24-13-7-5-4-6-8-13;1-6-23-13(19)8(2)25-15(21)10(4)27-16(22)11(5)26-14(20)9(3)24-12(18)7-17;1-6-20-12(17)8(3)22-14(19)10(5)23-13(18)9(4)21-11(16)7(2)15;3-1-2(4)5/h10-14,16-17,19-22,35H,7-9,15,18H2,1-6H3,(H2,34,42,43);4-8,10-11,19H,2-3,9H2,1H3,(H,20,21)(H2,18,22,23);8-11H,6-7H2,1-5H3;7-10,15H,6H2,1-5H3;1H2/t19-,20-,21-,22-;;8-,9-,10-,11-;7-,8-,9-,10-;/m0.00./s1. The third kappa shape index (κ3) is 46.8. The predicted octanol–water partition coefficient (Wildman–Crippen LogP) is 7.05. The van der Waals surface area contributed by atoms with Crippen molar-refractivity contribution in [3.8, 4) is 23.0 Å². The lowest BCUT2D eigenvalue weighted by molar-refractivity contribution is -0.185. The first-order valence-corrected chi connectivity index (χ1v) is 44.2. The highest BCUT2D eigenvalue weighted by Crippen LogP contribution is 2.39. The molecule has 0 radical (unpaired) electrons. The van der Waals surface area contributed by atoms with Crippen LogP contribution in [0.5, 0.6) is 23.0 Å². The number of alkyl halides is 2. The van der Waals surface area contributed by atoms with Crippen molar-refractivity contribution in [2.45, 2.75) is 226 Å². The van der Waals surface area contributed by atoms with Crippen molar-refractivity contribution in [2.75, 3.05) is 61.9 Å². The Morgan fingerprint density at radius 3 is 0.878 bits per heavy atom. The Morgan fingerprint density at radius 2 is 0.626 bits per heavy atom. The van der Waals surface area contributed by atoms with Gasteiger partial charge in [0.25, 0.3) is 0 Å². The summed E-state index contributed by atoms with van der Waals surface area (Å²) in [5, 5.41) is 34.5. The minimum Gasteiger partial charge on any atom is -0.478 e. The largest absolute Gasteiger partial charge is 0.478 e.